The molecule has 1 N–H and O–H groups in total. The van der Waals surface area contributed by atoms with Crippen LogP contribution in [0.25, 0.3) is 11.2 Å². The lowest BCUT2D eigenvalue weighted by Gasteiger charge is -2.35. The van der Waals surface area contributed by atoms with Crippen molar-refractivity contribution in [3.05, 3.63) is 91.6 Å². The highest BCUT2D eigenvalue weighted by Crippen LogP contribution is 2.25. The minimum Gasteiger partial charge on any atom is -0.339 e. The van der Waals surface area contributed by atoms with E-state index in [1.165, 1.54) is 4.57 Å². The van der Waals surface area contributed by atoms with Crippen molar-refractivity contribution >= 4 is 34.6 Å². The number of hydrogen-bond donors (Lipinski definition) is 1. The van der Waals surface area contributed by atoms with Gasteiger partial charge in [0, 0.05) is 43.8 Å². The van der Waals surface area contributed by atoms with E-state index in [1.54, 1.807) is 17.7 Å². The van der Waals surface area contributed by atoms with Gasteiger partial charge >= 0.3 is 5.69 Å². The highest BCUT2D eigenvalue weighted by molar-refractivity contribution is 6.31. The lowest BCUT2D eigenvalue weighted by atomic mass is 10.2. The third-order valence-corrected chi connectivity index (χ3v) is 6.51. The molecule has 0 spiro atoms. The van der Waals surface area contributed by atoms with Gasteiger partial charge in [0.25, 0.3) is 11.5 Å². The predicted molar refractivity (Wildman–Crippen MR) is 131 cm³/mol. The summed E-state index contributed by atoms with van der Waals surface area (Å²) in [6, 6.07) is 16.6. The molecule has 4 aromatic rings. The molecule has 10 heteroatoms. The molecular formula is C24H23ClN6O3. The smallest absolute Gasteiger partial charge is 0.329 e. The van der Waals surface area contributed by atoms with Crippen LogP contribution in [0.3, 0.4) is 0 Å². The summed E-state index contributed by atoms with van der Waals surface area (Å²) >= 11 is 6.41. The van der Waals surface area contributed by atoms with Crippen LogP contribution >= 0.6 is 11.6 Å². The Labute approximate surface area is 199 Å². The van der Waals surface area contributed by atoms with Gasteiger partial charge in [-0.25, -0.2) is 4.79 Å². The molecule has 9 nitrogen and oxygen atoms in total. The Balaban J connectivity index is 1.51. The number of H-pyrrole nitrogens is 1. The standard InChI is InChI=1S/C24H23ClN6O3/c1-28-20-19(21(32)27-24(28)34)31(15-17-9-5-6-10-18(17)25)23(26-20)30-13-11-29(12-14-30)22(33)16-7-3-2-4-8-16/h2-10H,11-15H2,1H3,(H,27,32,34). The van der Waals surface area contributed by atoms with Gasteiger partial charge in [-0.1, -0.05) is 48.0 Å². The van der Waals surface area contributed by atoms with Crippen LogP contribution in [0.15, 0.2) is 64.2 Å². The number of nitrogens with one attached hydrogen (secondary N) is 1. The molecule has 0 unspecified atom stereocenters. The number of amides is 1. The molecule has 0 atom stereocenters. The van der Waals surface area contributed by atoms with E-state index in [2.05, 4.69) is 4.98 Å². The molecule has 0 aliphatic carbocycles. The van der Waals surface area contributed by atoms with Gasteiger partial charge in [0.2, 0.25) is 5.95 Å². The Morgan fingerprint density at radius 3 is 2.38 bits per heavy atom. The van der Waals surface area contributed by atoms with Crippen molar-refractivity contribution in [3.63, 3.8) is 0 Å². The van der Waals surface area contributed by atoms with Crippen molar-refractivity contribution in [3.8, 4) is 0 Å². The minimum absolute atomic E-state index is 0.0105. The van der Waals surface area contributed by atoms with Gasteiger partial charge in [0.05, 0.1) is 6.54 Å². The molecule has 1 fully saturated rings. The molecular weight excluding hydrogens is 456 g/mol. The van der Waals surface area contributed by atoms with Crippen molar-refractivity contribution in [2.75, 3.05) is 31.1 Å². The maximum atomic E-state index is 12.8. The van der Waals surface area contributed by atoms with Crippen LogP contribution in [0.1, 0.15) is 15.9 Å². The summed E-state index contributed by atoms with van der Waals surface area (Å²) in [4.78, 5) is 48.8. The van der Waals surface area contributed by atoms with Gasteiger partial charge in [0.1, 0.15) is 0 Å². The zero-order chi connectivity index (χ0) is 23.8. The Bertz CT molecular complexity index is 1480. The lowest BCUT2D eigenvalue weighted by Crippen LogP contribution is -2.49. The quantitative estimate of drug-likeness (QED) is 0.484. The van der Waals surface area contributed by atoms with Crippen molar-refractivity contribution in [1.29, 1.82) is 0 Å². The monoisotopic (exact) mass is 478 g/mol. The van der Waals surface area contributed by atoms with Gasteiger partial charge in [0.15, 0.2) is 11.2 Å². The minimum atomic E-state index is -0.523. The van der Waals surface area contributed by atoms with Crippen LogP contribution < -0.4 is 16.1 Å². The molecule has 1 saturated heterocycles. The van der Waals surface area contributed by atoms with E-state index in [9.17, 15) is 14.4 Å². The summed E-state index contributed by atoms with van der Waals surface area (Å²) in [6.07, 6.45) is 0. The average Bonchev–Trinajstić information content (AvgIpc) is 3.24. The number of carbonyl (C=O) groups excluding carboxylic acids is 1. The van der Waals surface area contributed by atoms with Crippen LogP contribution in [0.4, 0.5) is 5.95 Å². The normalized spacial score (nSPS) is 14.1. The first-order chi connectivity index (χ1) is 16.4. The van der Waals surface area contributed by atoms with E-state index in [1.807, 2.05) is 58.3 Å². The third-order valence-electron chi connectivity index (χ3n) is 6.14. The molecule has 174 valence electrons. The highest BCUT2D eigenvalue weighted by Gasteiger charge is 2.27. The summed E-state index contributed by atoms with van der Waals surface area (Å²) in [5.74, 6) is 0.553. The number of anilines is 1. The molecule has 0 radical (unpaired) electrons. The van der Waals surface area contributed by atoms with Gasteiger partial charge in [-0.2, -0.15) is 4.98 Å². The van der Waals surface area contributed by atoms with Crippen molar-refractivity contribution in [2.24, 2.45) is 7.05 Å². The number of aromatic amines is 1. The second kappa shape index (κ2) is 8.83. The number of nitrogens with zero attached hydrogens (tertiary/aromatic N) is 5. The van der Waals surface area contributed by atoms with E-state index in [0.717, 1.165) is 5.56 Å². The second-order valence-corrected chi connectivity index (χ2v) is 8.63. The van der Waals surface area contributed by atoms with Crippen LogP contribution in [-0.2, 0) is 13.6 Å². The summed E-state index contributed by atoms with van der Waals surface area (Å²) in [5, 5.41) is 0.579. The summed E-state index contributed by atoms with van der Waals surface area (Å²) in [6.45, 7) is 2.42. The largest absolute Gasteiger partial charge is 0.339 e. The fourth-order valence-corrected chi connectivity index (χ4v) is 4.48. The molecule has 3 heterocycles. The number of carbonyl (C=O) groups is 1. The third kappa shape index (κ3) is 3.88. The summed E-state index contributed by atoms with van der Waals surface area (Å²) in [5.41, 5.74) is 1.07. The molecule has 0 bridgehead atoms. The number of imidazole rings is 1. The number of hydrogen-bond acceptors (Lipinski definition) is 5. The van der Waals surface area contributed by atoms with Crippen molar-refractivity contribution in [2.45, 2.75) is 6.54 Å². The predicted octanol–water partition coefficient (Wildman–Crippen LogP) is 2.09. The first-order valence-corrected chi connectivity index (χ1v) is 11.3. The molecule has 1 aliphatic heterocycles. The van der Waals surface area contributed by atoms with E-state index >= 15 is 0 Å². The van der Waals surface area contributed by atoms with Crippen LogP contribution in [0.5, 0.6) is 0 Å². The first-order valence-electron chi connectivity index (χ1n) is 11.0. The first kappa shape index (κ1) is 22.0. The lowest BCUT2D eigenvalue weighted by molar-refractivity contribution is 0.0746. The molecule has 34 heavy (non-hydrogen) atoms. The summed E-state index contributed by atoms with van der Waals surface area (Å²) in [7, 11) is 1.58. The summed E-state index contributed by atoms with van der Waals surface area (Å²) < 4.78 is 3.13. The maximum Gasteiger partial charge on any atom is 0.329 e. The van der Waals surface area contributed by atoms with Crippen molar-refractivity contribution in [1.82, 2.24) is 24.0 Å². The zero-order valence-electron chi connectivity index (χ0n) is 18.6. The van der Waals surface area contributed by atoms with Crippen LogP contribution in [0.2, 0.25) is 5.02 Å². The van der Waals surface area contributed by atoms with Crippen molar-refractivity contribution < 1.29 is 4.79 Å². The Morgan fingerprint density at radius 2 is 1.68 bits per heavy atom. The number of fused-ring (bicyclic) bond motifs is 1. The fraction of sp³-hybridized carbons (Fsp3) is 0.250. The van der Waals surface area contributed by atoms with Crippen LogP contribution in [0, 0.1) is 0 Å². The Hall–Kier alpha value is -3.85. The number of aromatic nitrogens is 4. The van der Waals surface area contributed by atoms with E-state index in [-0.39, 0.29) is 5.91 Å². The number of rotatable bonds is 4. The van der Waals surface area contributed by atoms with Gasteiger partial charge < -0.3 is 9.80 Å². The van der Waals surface area contributed by atoms with E-state index in [0.29, 0.717) is 60.4 Å². The zero-order valence-corrected chi connectivity index (χ0v) is 19.3. The average molecular weight is 479 g/mol. The molecule has 1 aliphatic rings. The number of piperazine rings is 1. The molecule has 2 aromatic heterocycles. The maximum absolute atomic E-state index is 12.8. The molecule has 5 rings (SSSR count). The second-order valence-electron chi connectivity index (χ2n) is 8.23. The molecule has 1 amide bonds. The molecule has 0 saturated carbocycles. The van der Waals surface area contributed by atoms with E-state index in [4.69, 9.17) is 16.6 Å². The highest BCUT2D eigenvalue weighted by atomic mass is 35.5. The molecule has 2 aromatic carbocycles. The van der Waals surface area contributed by atoms with Gasteiger partial charge in [-0.15, -0.1) is 0 Å². The number of benzene rings is 2. The van der Waals surface area contributed by atoms with Crippen LogP contribution in [-0.4, -0.2) is 56.1 Å². The topological polar surface area (TPSA) is 96.2 Å². The fourth-order valence-electron chi connectivity index (χ4n) is 4.28. The number of aryl methyl sites for hydroxylation is 1. The van der Waals surface area contributed by atoms with Gasteiger partial charge in [-0.05, 0) is 23.8 Å². The SMILES string of the molecule is Cn1c(=O)[nH]c(=O)c2c1nc(N1CCN(C(=O)c3ccccc3)CC1)n2Cc1ccccc1Cl. The van der Waals surface area contributed by atoms with E-state index < -0.39 is 11.2 Å². The Kier molecular flexibility index (Phi) is 5.70. The van der Waals surface area contributed by atoms with Gasteiger partial charge in [-0.3, -0.25) is 23.7 Å². The Morgan fingerprint density at radius 1 is 1.00 bits per heavy atom. The number of halogens is 1.